The van der Waals surface area contributed by atoms with Crippen LogP contribution in [-0.4, -0.2) is 21.0 Å². The van der Waals surface area contributed by atoms with Gasteiger partial charge in [-0.15, -0.1) is 0 Å². The normalized spacial score (nSPS) is 10.8. The Morgan fingerprint density at radius 1 is 1.14 bits per heavy atom. The van der Waals surface area contributed by atoms with Crippen LogP contribution in [0.2, 0.25) is 0 Å². The molecule has 0 radical (unpaired) electrons. The van der Waals surface area contributed by atoms with E-state index >= 15 is 0 Å². The van der Waals surface area contributed by atoms with Crippen molar-refractivity contribution in [1.29, 1.82) is 0 Å². The molecule has 22 heavy (non-hydrogen) atoms. The summed E-state index contributed by atoms with van der Waals surface area (Å²) in [6.45, 7) is 1.50. The number of benzene rings is 2. The van der Waals surface area contributed by atoms with Crippen LogP contribution in [0.5, 0.6) is 0 Å². The molecule has 0 spiro atoms. The van der Waals surface area contributed by atoms with Crippen LogP contribution in [0, 0.1) is 10.1 Å². The first-order valence-corrected chi connectivity index (χ1v) is 7.06. The Morgan fingerprint density at radius 3 is 2.45 bits per heavy atom. The number of rotatable bonds is 4. The quantitative estimate of drug-likeness (QED) is 0.413. The minimum atomic E-state index is -0.525. The van der Waals surface area contributed by atoms with Gasteiger partial charge in [-0.1, -0.05) is 23.9 Å². The van der Waals surface area contributed by atoms with E-state index in [-0.39, 0.29) is 17.0 Å². The third-order valence-corrected chi connectivity index (χ3v) is 4.10. The standard InChI is InChI=1S/C14H9N3O4S/c1-8(18)9-2-4-10(5-3-9)22-12-7-6-11(17(19)20)13-14(12)16-21-15-13/h2-7H,1H3. The maximum Gasteiger partial charge on any atom is 0.300 e. The highest BCUT2D eigenvalue weighted by molar-refractivity contribution is 7.99. The van der Waals surface area contributed by atoms with Crippen molar-refractivity contribution in [2.75, 3.05) is 0 Å². The molecule has 0 aliphatic carbocycles. The van der Waals surface area contributed by atoms with Gasteiger partial charge in [-0.2, -0.15) is 0 Å². The molecule has 3 aromatic rings. The lowest BCUT2D eigenvalue weighted by Gasteiger charge is -2.03. The van der Waals surface area contributed by atoms with Crippen molar-refractivity contribution in [2.24, 2.45) is 0 Å². The maximum absolute atomic E-state index is 11.3. The molecule has 0 amide bonds. The Labute approximate surface area is 128 Å². The summed E-state index contributed by atoms with van der Waals surface area (Å²) in [7, 11) is 0. The van der Waals surface area contributed by atoms with E-state index < -0.39 is 4.92 Å². The smallest absolute Gasteiger partial charge is 0.295 e. The fourth-order valence-electron chi connectivity index (χ4n) is 1.95. The fraction of sp³-hybridized carbons (Fsp3) is 0.0714. The van der Waals surface area contributed by atoms with Crippen molar-refractivity contribution in [3.8, 4) is 0 Å². The molecule has 0 saturated carbocycles. The zero-order chi connectivity index (χ0) is 15.7. The van der Waals surface area contributed by atoms with E-state index in [1.807, 2.05) is 12.1 Å². The summed E-state index contributed by atoms with van der Waals surface area (Å²) in [4.78, 5) is 23.2. The topological polar surface area (TPSA) is 99.1 Å². The molecule has 3 rings (SSSR count). The first-order chi connectivity index (χ1) is 10.6. The van der Waals surface area contributed by atoms with Gasteiger partial charge in [-0.25, -0.2) is 4.63 Å². The summed E-state index contributed by atoms with van der Waals surface area (Å²) in [5.74, 6) is -0.00465. The summed E-state index contributed by atoms with van der Waals surface area (Å²) < 4.78 is 4.62. The number of fused-ring (bicyclic) bond motifs is 1. The highest BCUT2D eigenvalue weighted by Crippen LogP contribution is 2.35. The molecule has 2 aromatic carbocycles. The molecular formula is C14H9N3O4S. The monoisotopic (exact) mass is 315 g/mol. The summed E-state index contributed by atoms with van der Waals surface area (Å²) in [6, 6.07) is 10.1. The third-order valence-electron chi connectivity index (χ3n) is 3.04. The SMILES string of the molecule is CC(=O)c1ccc(Sc2ccc([N+](=O)[O-])c3nonc23)cc1. The van der Waals surface area contributed by atoms with Gasteiger partial charge in [0.15, 0.2) is 11.3 Å². The second kappa shape index (κ2) is 5.57. The number of nitro groups is 1. The van der Waals surface area contributed by atoms with Crippen molar-refractivity contribution >= 4 is 34.3 Å². The summed E-state index contributed by atoms with van der Waals surface area (Å²) in [5.41, 5.74) is 0.944. The van der Waals surface area contributed by atoms with Gasteiger partial charge in [0.05, 0.1) is 4.92 Å². The second-order valence-corrected chi connectivity index (χ2v) is 5.60. The van der Waals surface area contributed by atoms with E-state index in [1.54, 1.807) is 18.2 Å². The van der Waals surface area contributed by atoms with Crippen molar-refractivity contribution in [2.45, 2.75) is 16.7 Å². The lowest BCUT2D eigenvalue weighted by molar-refractivity contribution is -0.383. The lowest BCUT2D eigenvalue weighted by atomic mass is 10.2. The second-order valence-electron chi connectivity index (χ2n) is 4.48. The Balaban J connectivity index is 1.97. The third kappa shape index (κ3) is 2.56. The number of carbonyl (C=O) groups excluding carboxylic acids is 1. The molecular weight excluding hydrogens is 306 g/mol. The van der Waals surface area contributed by atoms with Crippen LogP contribution in [0.25, 0.3) is 11.0 Å². The largest absolute Gasteiger partial charge is 0.300 e. The Morgan fingerprint density at radius 2 is 1.82 bits per heavy atom. The summed E-state index contributed by atoms with van der Waals surface area (Å²) in [6.07, 6.45) is 0. The highest BCUT2D eigenvalue weighted by Gasteiger charge is 2.20. The predicted octanol–water partition coefficient (Wildman–Crippen LogP) is 3.48. The molecule has 8 heteroatoms. The highest BCUT2D eigenvalue weighted by atomic mass is 32.2. The fourth-order valence-corrected chi connectivity index (χ4v) is 2.84. The predicted molar refractivity (Wildman–Crippen MR) is 79.0 cm³/mol. The molecule has 0 aliphatic heterocycles. The number of hydrogen-bond donors (Lipinski definition) is 0. The van der Waals surface area contributed by atoms with E-state index in [2.05, 4.69) is 14.9 Å². The van der Waals surface area contributed by atoms with Gasteiger partial charge in [0.1, 0.15) is 0 Å². The number of ketones is 1. The molecule has 7 nitrogen and oxygen atoms in total. The Kier molecular flexibility index (Phi) is 3.60. The molecule has 1 aromatic heterocycles. The van der Waals surface area contributed by atoms with Crippen molar-refractivity contribution in [1.82, 2.24) is 10.3 Å². The lowest BCUT2D eigenvalue weighted by Crippen LogP contribution is -1.91. The molecule has 0 bridgehead atoms. The van der Waals surface area contributed by atoms with Gasteiger partial charge < -0.3 is 0 Å². The number of nitro benzene ring substituents is 1. The molecule has 0 aliphatic rings. The molecule has 0 saturated heterocycles. The first kappa shape index (κ1) is 14.2. The Hall–Kier alpha value is -2.74. The molecule has 0 N–H and O–H groups in total. The van der Waals surface area contributed by atoms with Gasteiger partial charge in [0.25, 0.3) is 0 Å². The van der Waals surface area contributed by atoms with Crippen LogP contribution < -0.4 is 0 Å². The first-order valence-electron chi connectivity index (χ1n) is 6.25. The van der Waals surface area contributed by atoms with Crippen molar-refractivity contribution < 1.29 is 14.3 Å². The van der Waals surface area contributed by atoms with E-state index in [1.165, 1.54) is 24.8 Å². The van der Waals surface area contributed by atoms with Crippen LogP contribution >= 0.6 is 11.8 Å². The minimum Gasteiger partial charge on any atom is -0.295 e. The molecule has 0 atom stereocenters. The molecule has 110 valence electrons. The average Bonchev–Trinajstić information content (AvgIpc) is 2.97. The summed E-state index contributed by atoms with van der Waals surface area (Å²) >= 11 is 1.37. The molecule has 0 unspecified atom stereocenters. The van der Waals surface area contributed by atoms with Crippen LogP contribution in [0.4, 0.5) is 5.69 Å². The van der Waals surface area contributed by atoms with Gasteiger partial charge in [0, 0.05) is 21.4 Å². The zero-order valence-corrected chi connectivity index (χ0v) is 12.2. The number of carbonyl (C=O) groups is 1. The molecule has 1 heterocycles. The van der Waals surface area contributed by atoms with Gasteiger partial charge in [0.2, 0.25) is 5.52 Å². The maximum atomic E-state index is 11.3. The van der Waals surface area contributed by atoms with Crippen molar-refractivity contribution in [3.63, 3.8) is 0 Å². The van der Waals surface area contributed by atoms with Crippen LogP contribution in [0.3, 0.4) is 0 Å². The van der Waals surface area contributed by atoms with Crippen LogP contribution in [-0.2, 0) is 0 Å². The minimum absolute atomic E-state index is 0.00465. The number of nitrogens with zero attached hydrogens (tertiary/aromatic N) is 3. The Bertz CT molecular complexity index is 873. The van der Waals surface area contributed by atoms with Gasteiger partial charge in [-0.05, 0) is 35.4 Å². The number of hydrogen-bond acceptors (Lipinski definition) is 7. The molecule has 0 fully saturated rings. The van der Waals surface area contributed by atoms with Crippen molar-refractivity contribution in [3.05, 3.63) is 52.1 Å². The average molecular weight is 315 g/mol. The van der Waals surface area contributed by atoms with E-state index in [4.69, 9.17) is 0 Å². The number of non-ortho nitro benzene ring substituents is 1. The van der Waals surface area contributed by atoms with E-state index in [9.17, 15) is 14.9 Å². The number of aromatic nitrogens is 2. The van der Waals surface area contributed by atoms with Crippen LogP contribution in [0.15, 0.2) is 50.8 Å². The van der Waals surface area contributed by atoms with Crippen LogP contribution in [0.1, 0.15) is 17.3 Å². The zero-order valence-electron chi connectivity index (χ0n) is 11.3. The van der Waals surface area contributed by atoms with E-state index in [0.29, 0.717) is 16.0 Å². The summed E-state index contributed by atoms with van der Waals surface area (Å²) in [5, 5.41) is 18.3. The van der Waals surface area contributed by atoms with Gasteiger partial charge in [-0.3, -0.25) is 14.9 Å². The van der Waals surface area contributed by atoms with E-state index in [0.717, 1.165) is 4.90 Å². The number of Topliss-reactive ketones (excluding diaryl/α,β-unsaturated/α-hetero) is 1. The van der Waals surface area contributed by atoms with Gasteiger partial charge >= 0.3 is 5.69 Å².